The molecule has 0 saturated heterocycles. The Kier molecular flexibility index (Phi) is 8.62. The van der Waals surface area contributed by atoms with E-state index in [4.69, 9.17) is 14.8 Å². The molecule has 0 fully saturated rings. The van der Waals surface area contributed by atoms with Crippen LogP contribution in [0.1, 0.15) is 75.0 Å². The third-order valence-corrected chi connectivity index (χ3v) is 9.58. The maximum atomic E-state index is 6.67. The highest BCUT2D eigenvalue weighted by atomic mass is 16.5. The first-order valence-electron chi connectivity index (χ1n) is 17.6. The number of fused-ring (bicyclic) bond motifs is 3. The van der Waals surface area contributed by atoms with Crippen molar-refractivity contribution in [2.24, 2.45) is 0 Å². The lowest BCUT2D eigenvalue weighted by Crippen LogP contribution is -2.12. The van der Waals surface area contributed by atoms with E-state index in [1.807, 2.05) is 16.9 Å². The Hall–Kier alpha value is -5.16. The summed E-state index contributed by atoms with van der Waals surface area (Å²) in [6, 6.07) is 34.6. The highest BCUT2D eigenvalue weighted by molar-refractivity contribution is 6.09. The number of aryl methyl sites for hydroxylation is 3. The monoisotopic (exact) mass is 646 g/mol. The van der Waals surface area contributed by atoms with Crippen molar-refractivity contribution in [2.75, 3.05) is 0 Å². The number of nitrogens with zero attached hydrogens (tertiary/aromatic N) is 4. The minimum atomic E-state index is 0.00732. The Balaban J connectivity index is 1.31. The van der Waals surface area contributed by atoms with Gasteiger partial charge < -0.3 is 4.74 Å². The van der Waals surface area contributed by atoms with Crippen molar-refractivity contribution in [1.29, 1.82) is 0 Å². The lowest BCUT2D eigenvalue weighted by molar-refractivity contribution is 0.482. The first-order chi connectivity index (χ1) is 23.6. The van der Waals surface area contributed by atoms with Gasteiger partial charge in [-0.2, -0.15) is 5.10 Å². The zero-order chi connectivity index (χ0) is 34.3. The van der Waals surface area contributed by atoms with Gasteiger partial charge in [-0.05, 0) is 110 Å². The lowest BCUT2D eigenvalue weighted by atomic mass is 9.88. The molecule has 0 spiro atoms. The van der Waals surface area contributed by atoms with E-state index in [9.17, 15) is 0 Å². The van der Waals surface area contributed by atoms with E-state index in [0.717, 1.165) is 57.4 Å². The molecule has 7 rings (SSSR count). The van der Waals surface area contributed by atoms with Crippen LogP contribution < -0.4 is 4.74 Å². The molecule has 248 valence electrons. The fourth-order valence-electron chi connectivity index (χ4n) is 7.06. The maximum Gasteiger partial charge on any atom is 0.137 e. The maximum absolute atomic E-state index is 6.67. The SMILES string of the molecule is CCCCCc1ccc2c(c1)c1ccc(Oc3cc(C)cc(-n4nc(C)c(-c5ccccc5)c4C)c3)cc1n2-c1cc(C(C)(C)C)ccn1. The number of aromatic nitrogens is 4. The number of unbranched alkanes of at least 4 members (excludes halogenated alkanes) is 2. The second-order valence-electron chi connectivity index (χ2n) is 14.4. The highest BCUT2D eigenvalue weighted by Crippen LogP contribution is 2.37. The normalized spacial score (nSPS) is 11.9. The van der Waals surface area contributed by atoms with Crippen molar-refractivity contribution < 1.29 is 4.74 Å². The molecule has 49 heavy (non-hydrogen) atoms. The van der Waals surface area contributed by atoms with E-state index in [1.54, 1.807) is 0 Å². The van der Waals surface area contributed by atoms with Crippen LogP contribution in [-0.4, -0.2) is 19.3 Å². The van der Waals surface area contributed by atoms with Crippen LogP contribution in [0.25, 0.3) is 44.4 Å². The van der Waals surface area contributed by atoms with Crippen LogP contribution in [-0.2, 0) is 11.8 Å². The molecule has 0 aliphatic rings. The number of hydrogen-bond donors (Lipinski definition) is 0. The molecule has 0 amide bonds. The molecule has 0 bridgehead atoms. The summed E-state index contributed by atoms with van der Waals surface area (Å²) in [7, 11) is 0. The second kappa shape index (κ2) is 13.0. The van der Waals surface area contributed by atoms with Gasteiger partial charge in [0.05, 0.1) is 22.4 Å². The second-order valence-corrected chi connectivity index (χ2v) is 14.4. The zero-order valence-electron chi connectivity index (χ0n) is 29.8. The molecule has 0 aliphatic heterocycles. The third-order valence-electron chi connectivity index (χ3n) is 9.58. The van der Waals surface area contributed by atoms with Crippen molar-refractivity contribution in [1.82, 2.24) is 19.3 Å². The number of rotatable bonds is 9. The summed E-state index contributed by atoms with van der Waals surface area (Å²) in [4.78, 5) is 4.90. The Morgan fingerprint density at radius 2 is 1.55 bits per heavy atom. The van der Waals surface area contributed by atoms with Gasteiger partial charge in [-0.1, -0.05) is 76.9 Å². The van der Waals surface area contributed by atoms with Crippen LogP contribution in [0.15, 0.2) is 103 Å². The van der Waals surface area contributed by atoms with Crippen LogP contribution in [0.5, 0.6) is 11.5 Å². The predicted octanol–water partition coefficient (Wildman–Crippen LogP) is 11.8. The average molecular weight is 647 g/mol. The molecule has 4 aromatic carbocycles. The molecule has 7 aromatic rings. The van der Waals surface area contributed by atoms with Gasteiger partial charge in [0.25, 0.3) is 0 Å². The van der Waals surface area contributed by atoms with Gasteiger partial charge in [-0.25, -0.2) is 9.67 Å². The molecule has 3 heterocycles. The molecule has 0 saturated carbocycles. The predicted molar refractivity (Wildman–Crippen MR) is 204 cm³/mol. The van der Waals surface area contributed by atoms with Gasteiger partial charge in [0, 0.05) is 40.4 Å². The molecule has 0 unspecified atom stereocenters. The van der Waals surface area contributed by atoms with E-state index in [2.05, 4.69) is 144 Å². The summed E-state index contributed by atoms with van der Waals surface area (Å²) in [6.45, 7) is 15.3. The summed E-state index contributed by atoms with van der Waals surface area (Å²) in [5.41, 5.74) is 11.4. The van der Waals surface area contributed by atoms with Gasteiger partial charge in [0.15, 0.2) is 0 Å². The molecule has 5 nitrogen and oxygen atoms in total. The van der Waals surface area contributed by atoms with E-state index in [0.29, 0.717) is 0 Å². The van der Waals surface area contributed by atoms with Crippen molar-refractivity contribution in [2.45, 2.75) is 79.6 Å². The molecule has 0 radical (unpaired) electrons. The topological polar surface area (TPSA) is 44.9 Å². The minimum absolute atomic E-state index is 0.00732. The Labute approximate surface area is 290 Å². The number of ether oxygens (including phenoxy) is 1. The van der Waals surface area contributed by atoms with E-state index in [-0.39, 0.29) is 5.41 Å². The van der Waals surface area contributed by atoms with Crippen molar-refractivity contribution in [3.05, 3.63) is 131 Å². The average Bonchev–Trinajstić information content (AvgIpc) is 3.56. The first kappa shape index (κ1) is 32.4. The summed E-state index contributed by atoms with van der Waals surface area (Å²) in [6.07, 6.45) is 6.70. The van der Waals surface area contributed by atoms with Crippen LogP contribution in [0.4, 0.5) is 0 Å². The molecular weight excluding hydrogens is 601 g/mol. The highest BCUT2D eigenvalue weighted by Gasteiger charge is 2.20. The largest absolute Gasteiger partial charge is 0.457 e. The zero-order valence-corrected chi connectivity index (χ0v) is 29.8. The fraction of sp³-hybridized carbons (Fsp3) is 0.273. The van der Waals surface area contributed by atoms with E-state index in [1.165, 1.54) is 52.3 Å². The summed E-state index contributed by atoms with van der Waals surface area (Å²) >= 11 is 0. The molecule has 0 atom stereocenters. The van der Waals surface area contributed by atoms with Crippen LogP contribution >= 0.6 is 0 Å². The van der Waals surface area contributed by atoms with Crippen LogP contribution in [0, 0.1) is 20.8 Å². The Morgan fingerprint density at radius 3 is 2.33 bits per heavy atom. The van der Waals surface area contributed by atoms with E-state index >= 15 is 0 Å². The third kappa shape index (κ3) is 6.38. The molecule has 3 aromatic heterocycles. The summed E-state index contributed by atoms with van der Waals surface area (Å²) in [5, 5.41) is 7.41. The van der Waals surface area contributed by atoms with Gasteiger partial charge in [-0.15, -0.1) is 0 Å². The number of pyridine rings is 1. The summed E-state index contributed by atoms with van der Waals surface area (Å²) in [5.74, 6) is 2.47. The lowest BCUT2D eigenvalue weighted by Gasteiger charge is -2.20. The van der Waals surface area contributed by atoms with Crippen LogP contribution in [0.3, 0.4) is 0 Å². The number of benzene rings is 4. The summed E-state index contributed by atoms with van der Waals surface area (Å²) < 4.78 is 11.0. The minimum Gasteiger partial charge on any atom is -0.457 e. The molecule has 0 aliphatic carbocycles. The van der Waals surface area contributed by atoms with Crippen LogP contribution in [0.2, 0.25) is 0 Å². The Bertz CT molecular complexity index is 2280. The quantitative estimate of drug-likeness (QED) is 0.147. The Morgan fingerprint density at radius 1 is 0.735 bits per heavy atom. The molecular formula is C44H46N4O. The molecule has 0 N–H and O–H groups in total. The van der Waals surface area contributed by atoms with Gasteiger partial charge in [0.1, 0.15) is 17.3 Å². The fourth-order valence-corrected chi connectivity index (χ4v) is 7.06. The van der Waals surface area contributed by atoms with Crippen molar-refractivity contribution in [3.63, 3.8) is 0 Å². The number of hydrogen-bond acceptors (Lipinski definition) is 3. The van der Waals surface area contributed by atoms with Gasteiger partial charge >= 0.3 is 0 Å². The van der Waals surface area contributed by atoms with E-state index < -0.39 is 0 Å². The first-order valence-corrected chi connectivity index (χ1v) is 17.6. The van der Waals surface area contributed by atoms with Crippen molar-refractivity contribution >= 4 is 21.8 Å². The van der Waals surface area contributed by atoms with Crippen molar-refractivity contribution in [3.8, 4) is 34.1 Å². The smallest absolute Gasteiger partial charge is 0.137 e. The molecule has 5 heteroatoms. The van der Waals surface area contributed by atoms with Gasteiger partial charge in [-0.3, -0.25) is 4.57 Å². The standard InChI is InChI=1S/C44H46N4O/c1-8-9-11-14-32-17-20-40-39(25-32)38-19-18-36(28-41(38)47(40)42-26-34(21-22-45-42)44(5,6)7)49-37-24-29(2)23-35(27-37)48-31(4)43(30(3)46-48)33-15-12-10-13-16-33/h10,12-13,15-28H,8-9,11,14H2,1-7H3. The van der Waals surface area contributed by atoms with Gasteiger partial charge in [0.2, 0.25) is 0 Å².